The van der Waals surface area contributed by atoms with Gasteiger partial charge >= 0.3 is 0 Å². The van der Waals surface area contributed by atoms with E-state index in [2.05, 4.69) is 53.5 Å². The van der Waals surface area contributed by atoms with Crippen molar-refractivity contribution >= 4 is 27.3 Å². The molecule has 1 aromatic heterocycles. The molecule has 1 atom stereocenters. The van der Waals surface area contributed by atoms with E-state index in [1.807, 2.05) is 11.3 Å². The molecule has 0 aromatic carbocycles. The molecule has 0 aliphatic heterocycles. The van der Waals surface area contributed by atoms with Crippen LogP contribution in [0.15, 0.2) is 15.9 Å². The van der Waals surface area contributed by atoms with Crippen molar-refractivity contribution in [1.82, 2.24) is 5.32 Å². The monoisotopic (exact) mass is 289 g/mol. The van der Waals surface area contributed by atoms with E-state index in [1.165, 1.54) is 22.2 Å². The van der Waals surface area contributed by atoms with Gasteiger partial charge in [0.15, 0.2) is 0 Å². The Morgan fingerprint density at radius 2 is 2.20 bits per heavy atom. The summed E-state index contributed by atoms with van der Waals surface area (Å²) in [6, 6.07) is 2.77. The molecule has 3 heteroatoms. The molecule has 1 aromatic rings. The van der Waals surface area contributed by atoms with Crippen molar-refractivity contribution in [3.05, 3.63) is 20.8 Å². The number of hydrogen-bond donors (Lipinski definition) is 1. The van der Waals surface area contributed by atoms with Gasteiger partial charge < -0.3 is 5.32 Å². The Morgan fingerprint density at radius 1 is 1.47 bits per heavy atom. The third-order valence-electron chi connectivity index (χ3n) is 2.28. The fourth-order valence-electron chi connectivity index (χ4n) is 1.60. The zero-order chi connectivity index (χ0) is 11.3. The average molecular weight is 290 g/mol. The third kappa shape index (κ3) is 4.66. The van der Waals surface area contributed by atoms with Gasteiger partial charge in [-0.1, -0.05) is 20.8 Å². The van der Waals surface area contributed by atoms with Gasteiger partial charge in [0.2, 0.25) is 0 Å². The van der Waals surface area contributed by atoms with Gasteiger partial charge in [0.25, 0.3) is 0 Å². The van der Waals surface area contributed by atoms with Crippen LogP contribution >= 0.6 is 27.3 Å². The molecule has 86 valence electrons. The quantitative estimate of drug-likeness (QED) is 0.807. The summed E-state index contributed by atoms with van der Waals surface area (Å²) in [4.78, 5) is 1.45. The topological polar surface area (TPSA) is 12.0 Å². The summed E-state index contributed by atoms with van der Waals surface area (Å²) >= 11 is 5.36. The fourth-order valence-corrected chi connectivity index (χ4v) is 3.14. The van der Waals surface area contributed by atoms with Crippen molar-refractivity contribution in [2.24, 2.45) is 5.92 Å². The van der Waals surface area contributed by atoms with Gasteiger partial charge in [-0.25, -0.2) is 0 Å². The van der Waals surface area contributed by atoms with Gasteiger partial charge in [-0.3, -0.25) is 0 Å². The van der Waals surface area contributed by atoms with E-state index in [-0.39, 0.29) is 0 Å². The zero-order valence-corrected chi connectivity index (χ0v) is 12.1. The van der Waals surface area contributed by atoms with E-state index in [4.69, 9.17) is 0 Å². The van der Waals surface area contributed by atoms with Crippen molar-refractivity contribution < 1.29 is 0 Å². The number of rotatable bonds is 6. The van der Waals surface area contributed by atoms with Crippen LogP contribution in [0.1, 0.15) is 44.5 Å². The van der Waals surface area contributed by atoms with Gasteiger partial charge in [-0.05, 0) is 47.3 Å². The van der Waals surface area contributed by atoms with E-state index in [9.17, 15) is 0 Å². The highest BCUT2D eigenvalue weighted by atomic mass is 79.9. The Hall–Kier alpha value is 0.140. The second-order valence-electron chi connectivity index (χ2n) is 4.30. The SMILES string of the molecule is CCCNC(CC(C)C)c1cc(Br)cs1. The van der Waals surface area contributed by atoms with E-state index in [1.54, 1.807) is 0 Å². The summed E-state index contributed by atoms with van der Waals surface area (Å²) in [7, 11) is 0. The highest BCUT2D eigenvalue weighted by Crippen LogP contribution is 2.29. The second kappa shape index (κ2) is 6.66. The summed E-state index contributed by atoms with van der Waals surface area (Å²) in [5, 5.41) is 5.78. The van der Waals surface area contributed by atoms with Crippen LogP contribution in [0, 0.1) is 5.92 Å². The first-order chi connectivity index (χ1) is 7.13. The van der Waals surface area contributed by atoms with E-state index in [0.717, 1.165) is 12.5 Å². The lowest BCUT2D eigenvalue weighted by Gasteiger charge is -2.19. The van der Waals surface area contributed by atoms with Crippen LogP contribution < -0.4 is 5.32 Å². The third-order valence-corrected chi connectivity index (χ3v) is 4.09. The second-order valence-corrected chi connectivity index (χ2v) is 6.16. The molecule has 0 aliphatic rings. The molecule has 0 aliphatic carbocycles. The van der Waals surface area contributed by atoms with Crippen molar-refractivity contribution in [3.63, 3.8) is 0 Å². The molecule has 0 bridgehead atoms. The van der Waals surface area contributed by atoms with Crippen LogP contribution in [0.5, 0.6) is 0 Å². The summed E-state index contributed by atoms with van der Waals surface area (Å²) in [6.07, 6.45) is 2.41. The summed E-state index contributed by atoms with van der Waals surface area (Å²) in [5.74, 6) is 0.736. The van der Waals surface area contributed by atoms with Gasteiger partial charge in [-0.15, -0.1) is 11.3 Å². The van der Waals surface area contributed by atoms with Crippen LogP contribution in [0.2, 0.25) is 0 Å². The highest BCUT2D eigenvalue weighted by Gasteiger charge is 2.14. The van der Waals surface area contributed by atoms with E-state index < -0.39 is 0 Å². The maximum atomic E-state index is 3.62. The molecular formula is C12H20BrNS. The number of hydrogen-bond acceptors (Lipinski definition) is 2. The van der Waals surface area contributed by atoms with Crippen LogP contribution in [0.3, 0.4) is 0 Å². The Morgan fingerprint density at radius 3 is 2.67 bits per heavy atom. The maximum Gasteiger partial charge on any atom is 0.0417 e. The Kier molecular flexibility index (Phi) is 5.87. The molecule has 1 rings (SSSR count). The van der Waals surface area contributed by atoms with Crippen molar-refractivity contribution in [2.75, 3.05) is 6.54 Å². The van der Waals surface area contributed by atoms with Crippen LogP contribution in [0.4, 0.5) is 0 Å². The van der Waals surface area contributed by atoms with Gasteiger partial charge in [0.1, 0.15) is 0 Å². The van der Waals surface area contributed by atoms with Crippen LogP contribution in [0.25, 0.3) is 0 Å². The standard InChI is InChI=1S/C12H20BrNS/c1-4-5-14-11(6-9(2)3)12-7-10(13)8-15-12/h7-9,11,14H,4-6H2,1-3H3. The Labute approximate surface area is 105 Å². The van der Waals surface area contributed by atoms with Crippen LogP contribution in [-0.4, -0.2) is 6.54 Å². The molecule has 15 heavy (non-hydrogen) atoms. The molecule has 0 saturated carbocycles. The lowest BCUT2D eigenvalue weighted by atomic mass is 10.0. The predicted octanol–water partition coefficient (Wildman–Crippen LogP) is 4.60. The fraction of sp³-hybridized carbons (Fsp3) is 0.667. The average Bonchev–Trinajstić information content (AvgIpc) is 2.58. The smallest absolute Gasteiger partial charge is 0.0417 e. The molecule has 0 spiro atoms. The van der Waals surface area contributed by atoms with E-state index >= 15 is 0 Å². The minimum Gasteiger partial charge on any atom is -0.309 e. The van der Waals surface area contributed by atoms with Crippen molar-refractivity contribution in [3.8, 4) is 0 Å². The maximum absolute atomic E-state index is 3.62. The first kappa shape index (κ1) is 13.2. The Bertz CT molecular complexity index is 283. The molecule has 1 nitrogen and oxygen atoms in total. The normalized spacial score (nSPS) is 13.4. The molecule has 0 radical (unpaired) electrons. The van der Waals surface area contributed by atoms with Crippen molar-refractivity contribution in [1.29, 1.82) is 0 Å². The van der Waals surface area contributed by atoms with Gasteiger partial charge in [-0.2, -0.15) is 0 Å². The molecule has 0 fully saturated rings. The first-order valence-electron chi connectivity index (χ1n) is 5.60. The number of thiophene rings is 1. The highest BCUT2D eigenvalue weighted by molar-refractivity contribution is 9.10. The minimum atomic E-state index is 0.529. The molecule has 0 saturated heterocycles. The van der Waals surface area contributed by atoms with E-state index in [0.29, 0.717) is 6.04 Å². The minimum absolute atomic E-state index is 0.529. The zero-order valence-electron chi connectivity index (χ0n) is 9.72. The molecule has 1 N–H and O–H groups in total. The summed E-state index contributed by atoms with van der Waals surface area (Å²) in [6.45, 7) is 7.88. The number of halogens is 1. The Balaban J connectivity index is 2.62. The lowest BCUT2D eigenvalue weighted by Crippen LogP contribution is -2.22. The summed E-state index contributed by atoms with van der Waals surface area (Å²) < 4.78 is 1.20. The molecular weight excluding hydrogens is 270 g/mol. The first-order valence-corrected chi connectivity index (χ1v) is 7.28. The predicted molar refractivity (Wildman–Crippen MR) is 72.5 cm³/mol. The largest absolute Gasteiger partial charge is 0.309 e. The van der Waals surface area contributed by atoms with Crippen molar-refractivity contribution in [2.45, 2.75) is 39.7 Å². The number of nitrogens with one attached hydrogen (secondary N) is 1. The van der Waals surface area contributed by atoms with Crippen LogP contribution in [-0.2, 0) is 0 Å². The van der Waals surface area contributed by atoms with Gasteiger partial charge in [0.05, 0.1) is 0 Å². The molecule has 0 amide bonds. The summed E-state index contributed by atoms with van der Waals surface area (Å²) in [5.41, 5.74) is 0. The molecule has 1 unspecified atom stereocenters. The molecule has 1 heterocycles. The van der Waals surface area contributed by atoms with Gasteiger partial charge in [0, 0.05) is 20.8 Å². The lowest BCUT2D eigenvalue weighted by molar-refractivity contribution is 0.435.